The average Bonchev–Trinajstić information content (AvgIpc) is 2.64. The van der Waals surface area contributed by atoms with Crippen molar-refractivity contribution in [1.82, 2.24) is 4.57 Å². The molecule has 6 nitrogen and oxygen atoms in total. The number of benzene rings is 1. The van der Waals surface area contributed by atoms with Crippen LogP contribution in [-0.2, 0) is 6.54 Å². The third kappa shape index (κ3) is 4.02. The van der Waals surface area contributed by atoms with E-state index < -0.39 is 10.5 Å². The Balaban J connectivity index is 1.74. The zero-order valence-corrected chi connectivity index (χ0v) is 13.9. The first-order valence-electron chi connectivity index (χ1n) is 8.52. The Bertz CT molecular complexity index is 833. The molecule has 0 aliphatic heterocycles. The van der Waals surface area contributed by atoms with Gasteiger partial charge in [0.05, 0.1) is 17.7 Å². The van der Waals surface area contributed by atoms with Crippen LogP contribution in [0.5, 0.6) is 0 Å². The summed E-state index contributed by atoms with van der Waals surface area (Å²) < 4.78 is 1.08. The molecule has 1 aromatic heterocycles. The molecule has 0 saturated heterocycles. The van der Waals surface area contributed by atoms with Gasteiger partial charge in [0.1, 0.15) is 0 Å². The zero-order valence-electron chi connectivity index (χ0n) is 13.9. The second-order valence-corrected chi connectivity index (χ2v) is 6.49. The minimum absolute atomic E-state index is 0.205. The molecule has 0 spiro atoms. The van der Waals surface area contributed by atoms with Crippen LogP contribution in [0.15, 0.2) is 47.4 Å². The molecule has 1 aliphatic rings. The van der Waals surface area contributed by atoms with Gasteiger partial charge < -0.3 is 4.57 Å². The third-order valence-electron chi connectivity index (χ3n) is 4.80. The minimum atomic E-state index is -0.584. The fraction of sp³-hybridized carbons (Fsp3) is 0.368. The number of pyridine rings is 1. The van der Waals surface area contributed by atoms with Gasteiger partial charge in [-0.2, -0.15) is 0 Å². The number of aromatic nitrogens is 1. The molecule has 0 bridgehead atoms. The first-order chi connectivity index (χ1) is 12.0. The van der Waals surface area contributed by atoms with Crippen LogP contribution in [0.4, 0.5) is 5.69 Å². The Morgan fingerprint density at radius 3 is 2.40 bits per heavy atom. The molecular formula is C19H20N2O4. The molecule has 1 fully saturated rings. The quantitative estimate of drug-likeness (QED) is 0.472. The van der Waals surface area contributed by atoms with Gasteiger partial charge in [0.2, 0.25) is 0 Å². The largest absolute Gasteiger partial charge is 0.301 e. The summed E-state index contributed by atoms with van der Waals surface area (Å²) in [4.78, 5) is 34.4. The molecule has 2 aromatic rings. The van der Waals surface area contributed by atoms with Gasteiger partial charge in [0.25, 0.3) is 11.2 Å². The van der Waals surface area contributed by atoms with E-state index in [1.165, 1.54) is 37.7 Å². The fourth-order valence-corrected chi connectivity index (χ4v) is 3.37. The zero-order chi connectivity index (χ0) is 17.8. The molecule has 25 heavy (non-hydrogen) atoms. The molecule has 3 rings (SSSR count). The Morgan fingerprint density at radius 2 is 1.76 bits per heavy atom. The van der Waals surface area contributed by atoms with Crippen molar-refractivity contribution in [3.05, 3.63) is 74.2 Å². The van der Waals surface area contributed by atoms with E-state index >= 15 is 0 Å². The standard InChI is InChI=1S/C19H20N2O4/c22-18(13-20-12-17(21(24)25)10-11-19(20)23)16-8-6-15(7-9-16)14-4-2-1-3-5-14/h6-12,14H,1-5,13H2. The van der Waals surface area contributed by atoms with E-state index in [1.807, 2.05) is 12.1 Å². The average molecular weight is 340 g/mol. The summed E-state index contributed by atoms with van der Waals surface area (Å²) in [6.07, 6.45) is 7.29. The normalized spacial score (nSPS) is 15.0. The molecule has 0 amide bonds. The van der Waals surface area contributed by atoms with Crippen molar-refractivity contribution < 1.29 is 9.72 Å². The number of rotatable bonds is 5. The van der Waals surface area contributed by atoms with Crippen LogP contribution in [0, 0.1) is 10.1 Å². The lowest BCUT2D eigenvalue weighted by Crippen LogP contribution is -2.23. The number of ketones is 1. The summed E-state index contributed by atoms with van der Waals surface area (Å²) in [6.45, 7) is -0.205. The number of hydrogen-bond acceptors (Lipinski definition) is 4. The Kier molecular flexibility index (Phi) is 5.07. The lowest BCUT2D eigenvalue weighted by molar-refractivity contribution is -0.385. The highest BCUT2D eigenvalue weighted by Crippen LogP contribution is 2.32. The van der Waals surface area contributed by atoms with Crippen molar-refractivity contribution in [1.29, 1.82) is 0 Å². The van der Waals surface area contributed by atoms with Crippen molar-refractivity contribution in [2.45, 2.75) is 44.6 Å². The first kappa shape index (κ1) is 17.1. The van der Waals surface area contributed by atoms with Crippen LogP contribution in [-0.4, -0.2) is 15.3 Å². The number of nitrogens with zero attached hydrogens (tertiary/aromatic N) is 2. The molecule has 0 atom stereocenters. The first-order valence-corrected chi connectivity index (χ1v) is 8.52. The summed E-state index contributed by atoms with van der Waals surface area (Å²) in [5, 5.41) is 10.8. The highest BCUT2D eigenvalue weighted by Gasteiger charge is 2.16. The van der Waals surface area contributed by atoms with Crippen LogP contribution in [0.3, 0.4) is 0 Å². The Labute approximate surface area is 145 Å². The number of Topliss-reactive ketones (excluding diaryl/α,β-unsaturated/α-hetero) is 1. The number of hydrogen-bond donors (Lipinski definition) is 0. The van der Waals surface area contributed by atoms with Gasteiger partial charge in [-0.1, -0.05) is 43.5 Å². The van der Waals surface area contributed by atoms with Crippen LogP contribution in [0.1, 0.15) is 53.9 Å². The van der Waals surface area contributed by atoms with Crippen molar-refractivity contribution in [3.8, 4) is 0 Å². The van der Waals surface area contributed by atoms with E-state index in [0.717, 1.165) is 22.9 Å². The van der Waals surface area contributed by atoms with Crippen LogP contribution in [0.25, 0.3) is 0 Å². The van der Waals surface area contributed by atoms with Crippen LogP contribution < -0.4 is 5.56 Å². The van der Waals surface area contributed by atoms with Gasteiger partial charge in [0, 0.05) is 17.7 Å². The summed E-state index contributed by atoms with van der Waals surface area (Å²) >= 11 is 0. The van der Waals surface area contributed by atoms with E-state index in [0.29, 0.717) is 11.5 Å². The van der Waals surface area contributed by atoms with Crippen molar-refractivity contribution in [3.63, 3.8) is 0 Å². The second kappa shape index (κ2) is 7.42. The smallest absolute Gasteiger partial charge is 0.285 e. The fourth-order valence-electron chi connectivity index (χ4n) is 3.37. The van der Waals surface area contributed by atoms with E-state index in [9.17, 15) is 19.7 Å². The van der Waals surface area contributed by atoms with E-state index in [-0.39, 0.29) is 18.0 Å². The van der Waals surface area contributed by atoms with Crippen molar-refractivity contribution in [2.24, 2.45) is 0 Å². The van der Waals surface area contributed by atoms with Crippen molar-refractivity contribution in [2.75, 3.05) is 0 Å². The Hall–Kier alpha value is -2.76. The third-order valence-corrected chi connectivity index (χ3v) is 4.80. The van der Waals surface area contributed by atoms with Gasteiger partial charge in [0.15, 0.2) is 5.78 Å². The summed E-state index contributed by atoms with van der Waals surface area (Å²) in [5.41, 5.74) is 1.12. The highest BCUT2D eigenvalue weighted by molar-refractivity contribution is 5.95. The number of carbonyl (C=O) groups excluding carboxylic acids is 1. The molecule has 130 valence electrons. The van der Waals surface area contributed by atoms with E-state index in [2.05, 4.69) is 0 Å². The van der Waals surface area contributed by atoms with Crippen LogP contribution in [0.2, 0.25) is 0 Å². The Morgan fingerprint density at radius 1 is 1.08 bits per heavy atom. The molecule has 1 aromatic carbocycles. The maximum atomic E-state index is 12.4. The van der Waals surface area contributed by atoms with Gasteiger partial charge in [-0.05, 0) is 24.3 Å². The maximum absolute atomic E-state index is 12.4. The molecule has 6 heteroatoms. The van der Waals surface area contributed by atoms with Gasteiger partial charge in [-0.3, -0.25) is 19.7 Å². The molecule has 0 unspecified atom stereocenters. The number of nitro groups is 1. The SMILES string of the molecule is O=C(Cn1cc([N+](=O)[O-])ccc1=O)c1ccc(C2CCCCC2)cc1. The maximum Gasteiger partial charge on any atom is 0.285 e. The molecule has 1 aliphatic carbocycles. The topological polar surface area (TPSA) is 82.2 Å². The molecule has 0 N–H and O–H groups in total. The monoisotopic (exact) mass is 340 g/mol. The molecule has 1 heterocycles. The number of carbonyl (C=O) groups is 1. The predicted molar refractivity (Wildman–Crippen MR) is 94.0 cm³/mol. The molecular weight excluding hydrogens is 320 g/mol. The second-order valence-electron chi connectivity index (χ2n) is 6.49. The highest BCUT2D eigenvalue weighted by atomic mass is 16.6. The summed E-state index contributed by atoms with van der Waals surface area (Å²) in [7, 11) is 0. The lowest BCUT2D eigenvalue weighted by Gasteiger charge is -2.22. The van der Waals surface area contributed by atoms with Gasteiger partial charge >= 0.3 is 0 Å². The van der Waals surface area contributed by atoms with E-state index in [4.69, 9.17) is 0 Å². The van der Waals surface area contributed by atoms with Crippen molar-refractivity contribution >= 4 is 11.5 Å². The van der Waals surface area contributed by atoms with Gasteiger partial charge in [-0.25, -0.2) is 0 Å². The summed E-state index contributed by atoms with van der Waals surface area (Å²) in [5.74, 6) is 0.329. The lowest BCUT2D eigenvalue weighted by atomic mass is 9.84. The molecule has 1 saturated carbocycles. The van der Waals surface area contributed by atoms with Crippen LogP contribution >= 0.6 is 0 Å². The van der Waals surface area contributed by atoms with E-state index in [1.54, 1.807) is 12.1 Å². The van der Waals surface area contributed by atoms with Gasteiger partial charge in [-0.15, -0.1) is 0 Å². The summed E-state index contributed by atoms with van der Waals surface area (Å²) in [6, 6.07) is 9.79. The minimum Gasteiger partial charge on any atom is -0.301 e. The molecule has 0 radical (unpaired) electrons. The predicted octanol–water partition coefficient (Wildman–Crippen LogP) is 3.69.